The number of aryl methyl sites for hydroxylation is 1. The first-order valence-corrected chi connectivity index (χ1v) is 9.10. The molecule has 0 aliphatic carbocycles. The molecule has 0 bridgehead atoms. The smallest absolute Gasteiger partial charge is 0.257 e. The topological polar surface area (TPSA) is 64.4 Å². The van der Waals surface area contributed by atoms with Gasteiger partial charge in [-0.2, -0.15) is 0 Å². The Labute approximate surface area is 156 Å². The van der Waals surface area contributed by atoms with Crippen molar-refractivity contribution < 1.29 is 13.9 Å². The number of oxazole rings is 1. The number of ether oxygens (including phenoxy) is 1. The van der Waals surface area contributed by atoms with Crippen LogP contribution in [0.4, 0.5) is 0 Å². The summed E-state index contributed by atoms with van der Waals surface area (Å²) in [5.74, 6) is 6.69. The highest BCUT2D eigenvalue weighted by atomic mass is 32.2. The van der Waals surface area contributed by atoms with E-state index in [1.54, 1.807) is 0 Å². The Hall–Kier alpha value is -2.91. The van der Waals surface area contributed by atoms with Crippen molar-refractivity contribution in [3.8, 4) is 17.6 Å². The monoisotopic (exact) mass is 366 g/mol. The summed E-state index contributed by atoms with van der Waals surface area (Å²) in [7, 11) is 0. The number of carbonyl (C=O) groups excluding carboxylic acids is 1. The van der Waals surface area contributed by atoms with Gasteiger partial charge in [-0.3, -0.25) is 4.79 Å². The Morgan fingerprint density at radius 3 is 2.85 bits per heavy atom. The van der Waals surface area contributed by atoms with Gasteiger partial charge in [0.2, 0.25) is 5.91 Å². The number of nitrogens with zero attached hydrogens (tertiary/aromatic N) is 1. The molecule has 0 spiro atoms. The quantitative estimate of drug-likeness (QED) is 0.535. The molecule has 2 aromatic carbocycles. The molecule has 132 valence electrons. The number of hydrogen-bond donors (Lipinski definition) is 1. The molecule has 0 radical (unpaired) electrons. The van der Waals surface area contributed by atoms with Gasteiger partial charge in [0.25, 0.3) is 5.22 Å². The Bertz CT molecular complexity index is 923. The van der Waals surface area contributed by atoms with Crippen LogP contribution in [0.15, 0.2) is 58.2 Å². The predicted octanol–water partition coefficient (Wildman–Crippen LogP) is 3.43. The second kappa shape index (κ2) is 8.97. The van der Waals surface area contributed by atoms with Crippen LogP contribution in [-0.2, 0) is 4.79 Å². The standard InChI is InChI=1S/C20H18N2O3S/c1-15-8-2-4-10-17(15)24-13-7-6-12-21-19(23)14-26-20-22-16-9-3-5-11-18(16)25-20/h2-5,8-11H,12-14H2,1H3,(H,21,23). The maximum atomic E-state index is 11.8. The maximum absolute atomic E-state index is 11.8. The van der Waals surface area contributed by atoms with Crippen molar-refractivity contribution in [1.82, 2.24) is 10.3 Å². The van der Waals surface area contributed by atoms with E-state index in [4.69, 9.17) is 9.15 Å². The molecule has 1 amide bonds. The minimum atomic E-state index is -0.119. The molecule has 0 saturated carbocycles. The summed E-state index contributed by atoms with van der Waals surface area (Å²) >= 11 is 1.26. The summed E-state index contributed by atoms with van der Waals surface area (Å²) in [5.41, 5.74) is 2.57. The molecule has 0 aliphatic rings. The molecule has 0 aliphatic heterocycles. The molecule has 5 nitrogen and oxygen atoms in total. The highest BCUT2D eigenvalue weighted by Gasteiger charge is 2.08. The van der Waals surface area contributed by atoms with Crippen molar-refractivity contribution in [2.75, 3.05) is 18.9 Å². The van der Waals surface area contributed by atoms with Gasteiger partial charge in [0.1, 0.15) is 17.9 Å². The summed E-state index contributed by atoms with van der Waals surface area (Å²) in [6.45, 7) is 2.56. The Morgan fingerprint density at radius 2 is 2.00 bits per heavy atom. The SMILES string of the molecule is Cc1ccccc1OCC#CCNC(=O)CSc1nc2ccccc2o1. The van der Waals surface area contributed by atoms with E-state index in [1.165, 1.54) is 11.8 Å². The molecule has 3 rings (SSSR count). The van der Waals surface area contributed by atoms with Gasteiger partial charge < -0.3 is 14.5 Å². The van der Waals surface area contributed by atoms with Gasteiger partial charge in [0.05, 0.1) is 12.3 Å². The number of aromatic nitrogens is 1. The van der Waals surface area contributed by atoms with Crippen molar-refractivity contribution in [1.29, 1.82) is 0 Å². The molecule has 0 fully saturated rings. The maximum Gasteiger partial charge on any atom is 0.257 e. The number of amides is 1. The molecule has 6 heteroatoms. The van der Waals surface area contributed by atoms with Crippen LogP contribution in [0.3, 0.4) is 0 Å². The summed E-state index contributed by atoms with van der Waals surface area (Å²) in [5, 5.41) is 3.22. The second-order valence-corrected chi connectivity index (χ2v) is 6.35. The summed E-state index contributed by atoms with van der Waals surface area (Å²) in [4.78, 5) is 16.1. The second-order valence-electron chi connectivity index (χ2n) is 5.42. The van der Waals surface area contributed by atoms with Crippen molar-refractivity contribution in [2.24, 2.45) is 0 Å². The van der Waals surface area contributed by atoms with Crippen LogP contribution in [0.2, 0.25) is 0 Å². The van der Waals surface area contributed by atoms with Crippen molar-refractivity contribution in [3.63, 3.8) is 0 Å². The lowest BCUT2D eigenvalue weighted by molar-refractivity contribution is -0.118. The first kappa shape index (κ1) is 17.9. The van der Waals surface area contributed by atoms with Gasteiger partial charge in [-0.05, 0) is 30.7 Å². The Kier molecular flexibility index (Phi) is 6.18. The van der Waals surface area contributed by atoms with Crippen LogP contribution in [0, 0.1) is 18.8 Å². The van der Waals surface area contributed by atoms with E-state index < -0.39 is 0 Å². The lowest BCUT2D eigenvalue weighted by Gasteiger charge is -2.04. The van der Waals surface area contributed by atoms with Crippen LogP contribution in [-0.4, -0.2) is 29.8 Å². The zero-order valence-corrected chi connectivity index (χ0v) is 15.1. The first-order valence-electron chi connectivity index (χ1n) is 8.11. The third kappa shape index (κ3) is 5.04. The van der Waals surface area contributed by atoms with Crippen molar-refractivity contribution in [3.05, 3.63) is 54.1 Å². The number of rotatable bonds is 6. The molecule has 1 aromatic heterocycles. The molecule has 1 heterocycles. The van der Waals surface area contributed by atoms with Crippen LogP contribution >= 0.6 is 11.8 Å². The van der Waals surface area contributed by atoms with E-state index in [1.807, 2.05) is 55.5 Å². The molecular weight excluding hydrogens is 348 g/mol. The van der Waals surface area contributed by atoms with E-state index in [0.717, 1.165) is 22.4 Å². The average Bonchev–Trinajstić information content (AvgIpc) is 3.07. The number of benzene rings is 2. The van der Waals surface area contributed by atoms with E-state index in [9.17, 15) is 4.79 Å². The van der Waals surface area contributed by atoms with Crippen molar-refractivity contribution in [2.45, 2.75) is 12.1 Å². The highest BCUT2D eigenvalue weighted by molar-refractivity contribution is 7.99. The average molecular weight is 366 g/mol. The summed E-state index contributed by atoms with van der Waals surface area (Å²) in [6.07, 6.45) is 0. The molecule has 1 N–H and O–H groups in total. The summed E-state index contributed by atoms with van der Waals surface area (Å²) in [6, 6.07) is 15.3. The zero-order chi connectivity index (χ0) is 18.2. The largest absolute Gasteiger partial charge is 0.481 e. The summed E-state index contributed by atoms with van der Waals surface area (Å²) < 4.78 is 11.1. The van der Waals surface area contributed by atoms with Crippen LogP contribution in [0.1, 0.15) is 5.56 Å². The van der Waals surface area contributed by atoms with Gasteiger partial charge in [-0.15, -0.1) is 0 Å². The van der Waals surface area contributed by atoms with Crippen LogP contribution < -0.4 is 10.1 Å². The van der Waals surface area contributed by atoms with Gasteiger partial charge >= 0.3 is 0 Å². The van der Waals surface area contributed by atoms with Gasteiger partial charge in [0, 0.05) is 0 Å². The minimum absolute atomic E-state index is 0.119. The normalized spacial score (nSPS) is 10.2. The Balaban J connectivity index is 1.36. The van der Waals surface area contributed by atoms with Gasteiger partial charge in [-0.1, -0.05) is 53.9 Å². The molecule has 3 aromatic rings. The van der Waals surface area contributed by atoms with Crippen LogP contribution in [0.5, 0.6) is 5.75 Å². The van der Waals surface area contributed by atoms with E-state index in [0.29, 0.717) is 11.8 Å². The number of hydrogen-bond acceptors (Lipinski definition) is 5. The number of carbonyl (C=O) groups is 1. The fourth-order valence-corrected chi connectivity index (χ4v) is 2.85. The van der Waals surface area contributed by atoms with E-state index in [-0.39, 0.29) is 18.2 Å². The van der Waals surface area contributed by atoms with Gasteiger partial charge in [-0.25, -0.2) is 4.98 Å². The minimum Gasteiger partial charge on any atom is -0.481 e. The lowest BCUT2D eigenvalue weighted by atomic mass is 10.2. The number of nitrogens with one attached hydrogen (secondary N) is 1. The fourth-order valence-electron chi connectivity index (χ4n) is 2.18. The molecule has 0 atom stereocenters. The lowest BCUT2D eigenvalue weighted by Crippen LogP contribution is -2.25. The van der Waals surface area contributed by atoms with Gasteiger partial charge in [0.15, 0.2) is 5.58 Å². The third-order valence-electron chi connectivity index (χ3n) is 3.49. The number of fused-ring (bicyclic) bond motifs is 1. The van der Waals surface area contributed by atoms with Crippen molar-refractivity contribution >= 4 is 28.8 Å². The third-order valence-corrected chi connectivity index (χ3v) is 4.32. The van der Waals surface area contributed by atoms with E-state index in [2.05, 4.69) is 22.1 Å². The molecular formula is C20H18N2O3S. The molecule has 26 heavy (non-hydrogen) atoms. The van der Waals surface area contributed by atoms with Crippen LogP contribution in [0.25, 0.3) is 11.1 Å². The zero-order valence-electron chi connectivity index (χ0n) is 14.3. The van der Waals surface area contributed by atoms with E-state index >= 15 is 0 Å². The predicted molar refractivity (Wildman–Crippen MR) is 102 cm³/mol. The number of thioether (sulfide) groups is 1. The highest BCUT2D eigenvalue weighted by Crippen LogP contribution is 2.22. The fraction of sp³-hybridized carbons (Fsp3) is 0.200. The number of para-hydroxylation sites is 3. The molecule has 0 saturated heterocycles. The Morgan fingerprint density at radius 1 is 1.19 bits per heavy atom. The first-order chi connectivity index (χ1) is 12.7. The molecule has 0 unspecified atom stereocenters.